The zero-order valence-corrected chi connectivity index (χ0v) is 16.7. The summed E-state index contributed by atoms with van der Waals surface area (Å²) in [6, 6.07) is 10.8. The molecule has 1 aromatic rings. The third-order valence-corrected chi connectivity index (χ3v) is 5.03. The van der Waals surface area contributed by atoms with Gasteiger partial charge in [0.1, 0.15) is 0 Å². The first kappa shape index (κ1) is 20.5. The number of likely N-dealkylation sites (tertiary alicyclic amines) is 1. The number of guanidine groups is 1. The van der Waals surface area contributed by atoms with Crippen LogP contribution in [0.3, 0.4) is 0 Å². The number of allylic oxidation sites excluding steroid dienone is 1. The zero-order chi connectivity index (χ0) is 18.6. The Balaban J connectivity index is 1.75. The summed E-state index contributed by atoms with van der Waals surface area (Å²) in [6.45, 7) is 12.3. The van der Waals surface area contributed by atoms with Gasteiger partial charge in [-0.3, -0.25) is 4.99 Å². The monoisotopic (exact) mass is 356 g/mol. The van der Waals surface area contributed by atoms with E-state index in [0.29, 0.717) is 5.92 Å². The molecule has 1 unspecified atom stereocenters. The van der Waals surface area contributed by atoms with Gasteiger partial charge in [0.15, 0.2) is 5.96 Å². The molecule has 144 valence electrons. The molecule has 1 aliphatic heterocycles. The second-order valence-corrected chi connectivity index (χ2v) is 7.24. The van der Waals surface area contributed by atoms with Crippen molar-refractivity contribution >= 4 is 5.96 Å². The predicted octanol–water partition coefficient (Wildman–Crippen LogP) is 3.41. The highest BCUT2D eigenvalue weighted by Gasteiger charge is 2.22. The maximum Gasteiger partial charge on any atom is 0.193 e. The van der Waals surface area contributed by atoms with Crippen molar-refractivity contribution in [1.82, 2.24) is 15.1 Å². The lowest BCUT2D eigenvalue weighted by Gasteiger charge is -2.22. The quantitative estimate of drug-likeness (QED) is 0.302. The maximum absolute atomic E-state index is 4.91. The van der Waals surface area contributed by atoms with Crippen molar-refractivity contribution < 1.29 is 0 Å². The molecule has 1 N–H and O–H groups in total. The molecule has 1 aromatic carbocycles. The summed E-state index contributed by atoms with van der Waals surface area (Å²) in [7, 11) is 2.13. The van der Waals surface area contributed by atoms with Gasteiger partial charge >= 0.3 is 0 Å². The van der Waals surface area contributed by atoms with Crippen LogP contribution in [-0.2, 0) is 6.42 Å². The van der Waals surface area contributed by atoms with Crippen LogP contribution in [0.5, 0.6) is 0 Å². The van der Waals surface area contributed by atoms with Crippen LogP contribution < -0.4 is 5.32 Å². The minimum absolute atomic E-state index is 0.681. The molecule has 0 aliphatic carbocycles. The average Bonchev–Trinajstić information content (AvgIpc) is 3.12. The molecule has 0 amide bonds. The van der Waals surface area contributed by atoms with Crippen LogP contribution in [0.1, 0.15) is 31.7 Å². The van der Waals surface area contributed by atoms with Crippen molar-refractivity contribution in [2.45, 2.75) is 32.6 Å². The Bertz CT molecular complexity index is 540. The summed E-state index contributed by atoms with van der Waals surface area (Å²) < 4.78 is 0. The van der Waals surface area contributed by atoms with E-state index in [9.17, 15) is 0 Å². The molecular weight excluding hydrogens is 320 g/mol. The highest BCUT2D eigenvalue weighted by Crippen LogP contribution is 2.17. The van der Waals surface area contributed by atoms with Crippen molar-refractivity contribution in [3.63, 3.8) is 0 Å². The van der Waals surface area contributed by atoms with Crippen LogP contribution in [0.15, 0.2) is 48.0 Å². The summed E-state index contributed by atoms with van der Waals surface area (Å²) in [4.78, 5) is 9.74. The molecule has 1 aliphatic rings. The fraction of sp³-hybridized carbons (Fsp3) is 0.591. The van der Waals surface area contributed by atoms with Crippen LogP contribution in [-0.4, -0.2) is 62.1 Å². The number of hydrogen-bond donors (Lipinski definition) is 1. The van der Waals surface area contributed by atoms with Crippen LogP contribution in [0.25, 0.3) is 0 Å². The molecule has 4 heteroatoms. The van der Waals surface area contributed by atoms with Crippen molar-refractivity contribution in [2.75, 3.05) is 46.3 Å². The molecule has 2 rings (SSSR count). The van der Waals surface area contributed by atoms with E-state index in [1.165, 1.54) is 25.1 Å². The van der Waals surface area contributed by atoms with Crippen molar-refractivity contribution in [1.29, 1.82) is 0 Å². The topological polar surface area (TPSA) is 30.9 Å². The van der Waals surface area contributed by atoms with Crippen LogP contribution in [0.2, 0.25) is 0 Å². The average molecular weight is 357 g/mol. The Hall–Kier alpha value is -1.81. The molecular formula is C22H36N4. The van der Waals surface area contributed by atoms with Gasteiger partial charge in [-0.15, -0.1) is 6.58 Å². The summed E-state index contributed by atoms with van der Waals surface area (Å²) in [5, 5.41) is 3.43. The lowest BCUT2D eigenvalue weighted by atomic mass is 10.1. The van der Waals surface area contributed by atoms with Crippen molar-refractivity contribution in [3.8, 4) is 0 Å². The van der Waals surface area contributed by atoms with Crippen LogP contribution in [0.4, 0.5) is 0 Å². The number of nitrogens with one attached hydrogen (secondary N) is 1. The van der Waals surface area contributed by atoms with Gasteiger partial charge in [-0.05, 0) is 50.6 Å². The summed E-state index contributed by atoms with van der Waals surface area (Å²) in [5.41, 5.74) is 1.43. The molecule has 1 fully saturated rings. The molecule has 4 nitrogen and oxygen atoms in total. The molecule has 0 spiro atoms. The molecule has 1 saturated heterocycles. The second-order valence-electron chi connectivity index (χ2n) is 7.24. The number of rotatable bonds is 10. The largest absolute Gasteiger partial charge is 0.357 e. The maximum atomic E-state index is 4.91. The van der Waals surface area contributed by atoms with E-state index in [1.54, 1.807) is 0 Å². The van der Waals surface area contributed by atoms with Crippen molar-refractivity contribution in [3.05, 3.63) is 48.6 Å². The first-order valence-electron chi connectivity index (χ1n) is 10.1. The highest BCUT2D eigenvalue weighted by atomic mass is 15.3. The van der Waals surface area contributed by atoms with Gasteiger partial charge in [0, 0.05) is 39.8 Å². The van der Waals surface area contributed by atoms with Gasteiger partial charge in [-0.2, -0.15) is 0 Å². The van der Waals surface area contributed by atoms with E-state index in [-0.39, 0.29) is 0 Å². The Kier molecular flexibility index (Phi) is 9.26. The normalized spacial score (nSPS) is 18.1. The number of hydrogen-bond acceptors (Lipinski definition) is 2. The third-order valence-electron chi connectivity index (χ3n) is 5.03. The minimum Gasteiger partial charge on any atom is -0.357 e. The predicted molar refractivity (Wildman–Crippen MR) is 113 cm³/mol. The molecule has 1 atom stereocenters. The van der Waals surface area contributed by atoms with Gasteiger partial charge in [-0.25, -0.2) is 0 Å². The van der Waals surface area contributed by atoms with Gasteiger partial charge in [0.05, 0.1) is 0 Å². The summed E-state index contributed by atoms with van der Waals surface area (Å²) in [6.07, 6.45) is 6.58. The summed E-state index contributed by atoms with van der Waals surface area (Å²) in [5.74, 6) is 1.72. The van der Waals surface area contributed by atoms with Gasteiger partial charge in [0.25, 0.3) is 0 Å². The first-order valence-corrected chi connectivity index (χ1v) is 10.1. The number of aliphatic imine (C=N–C) groups is 1. The van der Waals surface area contributed by atoms with E-state index in [0.717, 1.165) is 51.4 Å². The Morgan fingerprint density at radius 2 is 2.19 bits per heavy atom. The van der Waals surface area contributed by atoms with E-state index >= 15 is 0 Å². The fourth-order valence-corrected chi connectivity index (χ4v) is 3.46. The van der Waals surface area contributed by atoms with Crippen LogP contribution >= 0.6 is 0 Å². The molecule has 1 heterocycles. The Morgan fingerprint density at radius 1 is 1.38 bits per heavy atom. The molecule has 0 aromatic heterocycles. The smallest absolute Gasteiger partial charge is 0.193 e. The fourth-order valence-electron chi connectivity index (χ4n) is 3.46. The van der Waals surface area contributed by atoms with E-state index in [2.05, 4.69) is 66.0 Å². The minimum atomic E-state index is 0.681. The summed E-state index contributed by atoms with van der Waals surface area (Å²) >= 11 is 0. The molecule has 0 bridgehead atoms. The first-order chi connectivity index (χ1) is 12.7. The molecule has 0 radical (unpaired) electrons. The van der Waals surface area contributed by atoms with Gasteiger partial charge in [0.2, 0.25) is 0 Å². The van der Waals surface area contributed by atoms with Crippen LogP contribution in [0, 0.1) is 5.92 Å². The standard InChI is InChI=1S/C22H36N4/c1-4-6-10-15-25(3)22(23-5-2)24-18-21-14-17-26(19-21)16-13-20-11-8-7-9-12-20/h4,7-9,11-12,21H,1,5-6,10,13-19H2,2-3H3,(H,23,24). The van der Waals surface area contributed by atoms with Gasteiger partial charge < -0.3 is 15.1 Å². The Morgan fingerprint density at radius 3 is 2.92 bits per heavy atom. The zero-order valence-electron chi connectivity index (χ0n) is 16.7. The SMILES string of the molecule is C=CCCCN(C)C(=NCC1CCN(CCc2ccccc2)C1)NCC. The highest BCUT2D eigenvalue weighted by molar-refractivity contribution is 5.79. The van der Waals surface area contributed by atoms with Crippen molar-refractivity contribution in [2.24, 2.45) is 10.9 Å². The number of unbranched alkanes of at least 4 members (excludes halogenated alkanes) is 1. The third kappa shape index (κ3) is 7.20. The molecule has 26 heavy (non-hydrogen) atoms. The Labute approximate surface area is 160 Å². The number of nitrogens with zero attached hydrogens (tertiary/aromatic N) is 3. The van der Waals surface area contributed by atoms with E-state index in [4.69, 9.17) is 4.99 Å². The molecule has 0 saturated carbocycles. The lowest BCUT2D eigenvalue weighted by Crippen LogP contribution is -2.39. The van der Waals surface area contributed by atoms with E-state index < -0.39 is 0 Å². The van der Waals surface area contributed by atoms with E-state index in [1.807, 2.05) is 6.08 Å². The second kappa shape index (κ2) is 11.7. The lowest BCUT2D eigenvalue weighted by molar-refractivity contribution is 0.329. The number of benzene rings is 1. The van der Waals surface area contributed by atoms with Gasteiger partial charge in [-0.1, -0.05) is 36.4 Å².